The molecular weight excluding hydrogens is 282 g/mol. The quantitative estimate of drug-likeness (QED) is 0.759. The second kappa shape index (κ2) is 8.02. The minimum absolute atomic E-state index is 0.804. The van der Waals surface area contributed by atoms with Crippen LogP contribution in [-0.2, 0) is 0 Å². The Labute approximate surface area is 130 Å². The number of rotatable bonds is 8. The molecule has 5 nitrogen and oxygen atoms in total. The summed E-state index contributed by atoms with van der Waals surface area (Å²) in [6.07, 6.45) is 3.97. The minimum Gasteiger partial charge on any atom is -0.370 e. The van der Waals surface area contributed by atoms with Crippen LogP contribution in [0.15, 0.2) is 18.5 Å². The number of thioether (sulfide) groups is 1. The first kappa shape index (κ1) is 15.8. The predicted octanol–water partition coefficient (Wildman–Crippen LogP) is 3.22. The highest BCUT2D eigenvalue weighted by atomic mass is 32.2. The number of aryl methyl sites for hydroxylation is 2. The zero-order valence-electron chi connectivity index (χ0n) is 13.0. The summed E-state index contributed by atoms with van der Waals surface area (Å²) >= 11 is 2.01. The average Bonchev–Trinajstić information content (AvgIpc) is 2.82. The highest BCUT2D eigenvalue weighted by molar-refractivity contribution is 7.99. The average molecular weight is 305 g/mol. The van der Waals surface area contributed by atoms with Crippen LogP contribution in [0, 0.1) is 13.8 Å². The molecule has 0 bridgehead atoms. The summed E-state index contributed by atoms with van der Waals surface area (Å²) in [6, 6.07) is 3.98. The van der Waals surface area contributed by atoms with E-state index in [9.17, 15) is 0 Å². The van der Waals surface area contributed by atoms with Gasteiger partial charge in [0.2, 0.25) is 0 Å². The van der Waals surface area contributed by atoms with Gasteiger partial charge in [-0.1, -0.05) is 6.92 Å². The lowest BCUT2D eigenvalue weighted by Crippen LogP contribution is -2.07. The first-order chi connectivity index (χ1) is 10.2. The van der Waals surface area contributed by atoms with Crippen LogP contribution in [-0.4, -0.2) is 37.8 Å². The molecule has 0 saturated heterocycles. The Kier molecular flexibility index (Phi) is 6.04. The monoisotopic (exact) mass is 305 g/mol. The second-order valence-electron chi connectivity index (χ2n) is 4.99. The molecule has 2 aromatic heterocycles. The summed E-state index contributed by atoms with van der Waals surface area (Å²) in [4.78, 5) is 8.56. The van der Waals surface area contributed by atoms with Crippen molar-refractivity contribution in [2.45, 2.75) is 33.6 Å². The lowest BCUT2D eigenvalue weighted by Gasteiger charge is -2.07. The van der Waals surface area contributed by atoms with Crippen molar-refractivity contribution in [2.24, 2.45) is 0 Å². The third-order valence-electron chi connectivity index (χ3n) is 3.00. The molecule has 0 aliphatic carbocycles. The van der Waals surface area contributed by atoms with Gasteiger partial charge in [0.15, 0.2) is 5.82 Å². The molecule has 0 fully saturated rings. The molecule has 0 atom stereocenters. The fourth-order valence-corrected chi connectivity index (χ4v) is 2.90. The van der Waals surface area contributed by atoms with E-state index in [1.807, 2.05) is 42.4 Å². The van der Waals surface area contributed by atoms with Gasteiger partial charge in [0.05, 0.1) is 5.69 Å². The highest BCUT2D eigenvalue weighted by Crippen LogP contribution is 2.12. The van der Waals surface area contributed by atoms with Crippen LogP contribution in [0.2, 0.25) is 0 Å². The third kappa shape index (κ3) is 4.74. The SMILES string of the molecule is CCCSCCCNc1cc(-n2nc(C)cc2C)ncn1. The normalized spacial score (nSPS) is 10.8. The number of aromatic nitrogens is 4. The van der Waals surface area contributed by atoms with Gasteiger partial charge in [-0.25, -0.2) is 14.6 Å². The Hall–Kier alpha value is -1.56. The largest absolute Gasteiger partial charge is 0.370 e. The third-order valence-corrected chi connectivity index (χ3v) is 4.27. The van der Waals surface area contributed by atoms with Crippen LogP contribution >= 0.6 is 11.8 Å². The van der Waals surface area contributed by atoms with Crippen LogP contribution in [0.1, 0.15) is 31.2 Å². The van der Waals surface area contributed by atoms with E-state index in [4.69, 9.17) is 0 Å². The van der Waals surface area contributed by atoms with Gasteiger partial charge in [-0.2, -0.15) is 16.9 Å². The molecule has 0 saturated carbocycles. The molecule has 0 amide bonds. The van der Waals surface area contributed by atoms with Crippen LogP contribution in [0.5, 0.6) is 0 Å². The Morgan fingerprint density at radius 2 is 2.05 bits per heavy atom. The maximum atomic E-state index is 4.45. The molecule has 114 valence electrons. The van der Waals surface area contributed by atoms with Crippen LogP contribution in [0.25, 0.3) is 5.82 Å². The molecule has 0 aliphatic rings. The van der Waals surface area contributed by atoms with Gasteiger partial charge in [0, 0.05) is 18.3 Å². The number of hydrogen-bond donors (Lipinski definition) is 1. The Morgan fingerprint density at radius 3 is 2.76 bits per heavy atom. The van der Waals surface area contributed by atoms with Crippen LogP contribution in [0.4, 0.5) is 5.82 Å². The van der Waals surface area contributed by atoms with Gasteiger partial charge < -0.3 is 5.32 Å². The number of hydrogen-bond acceptors (Lipinski definition) is 5. The van der Waals surface area contributed by atoms with E-state index in [-0.39, 0.29) is 0 Å². The zero-order chi connectivity index (χ0) is 15.1. The molecule has 2 heterocycles. The molecule has 6 heteroatoms. The van der Waals surface area contributed by atoms with Gasteiger partial charge in [-0.15, -0.1) is 0 Å². The zero-order valence-corrected chi connectivity index (χ0v) is 13.8. The van der Waals surface area contributed by atoms with Gasteiger partial charge in [0.25, 0.3) is 0 Å². The first-order valence-corrected chi connectivity index (χ1v) is 8.53. The lowest BCUT2D eigenvalue weighted by molar-refractivity contribution is 0.800. The maximum absolute atomic E-state index is 4.45. The summed E-state index contributed by atoms with van der Waals surface area (Å²) in [5, 5.41) is 7.80. The molecule has 0 unspecified atom stereocenters. The molecule has 0 aliphatic heterocycles. The maximum Gasteiger partial charge on any atom is 0.159 e. The number of nitrogens with zero attached hydrogens (tertiary/aromatic N) is 4. The molecule has 2 aromatic rings. The standard InChI is InChI=1S/C15H23N5S/c1-4-7-21-8-5-6-16-14-10-15(18-11-17-14)20-13(3)9-12(2)19-20/h9-11H,4-8H2,1-3H3,(H,16,17,18). The summed E-state index contributed by atoms with van der Waals surface area (Å²) < 4.78 is 1.85. The van der Waals surface area contributed by atoms with Crippen molar-refractivity contribution in [1.29, 1.82) is 0 Å². The van der Waals surface area contributed by atoms with E-state index in [0.717, 1.165) is 36.0 Å². The Balaban J connectivity index is 1.91. The Bertz CT molecular complexity index is 567. The smallest absolute Gasteiger partial charge is 0.159 e. The van der Waals surface area contributed by atoms with E-state index in [2.05, 4.69) is 27.3 Å². The Morgan fingerprint density at radius 1 is 1.19 bits per heavy atom. The fraction of sp³-hybridized carbons (Fsp3) is 0.533. The van der Waals surface area contributed by atoms with Crippen molar-refractivity contribution >= 4 is 17.6 Å². The second-order valence-corrected chi connectivity index (χ2v) is 6.22. The topological polar surface area (TPSA) is 55.6 Å². The first-order valence-electron chi connectivity index (χ1n) is 7.38. The van der Waals surface area contributed by atoms with Gasteiger partial charge in [-0.05, 0) is 44.3 Å². The van der Waals surface area contributed by atoms with Crippen molar-refractivity contribution in [2.75, 3.05) is 23.4 Å². The predicted molar refractivity (Wildman–Crippen MR) is 89.4 cm³/mol. The van der Waals surface area contributed by atoms with Crippen molar-refractivity contribution < 1.29 is 0 Å². The molecule has 0 spiro atoms. The summed E-state index contributed by atoms with van der Waals surface area (Å²) in [6.45, 7) is 7.16. The molecule has 21 heavy (non-hydrogen) atoms. The molecule has 0 aromatic carbocycles. The molecular formula is C15H23N5S. The van der Waals surface area contributed by atoms with Crippen LogP contribution < -0.4 is 5.32 Å². The minimum atomic E-state index is 0.804. The van der Waals surface area contributed by atoms with Crippen molar-refractivity contribution in [1.82, 2.24) is 19.7 Å². The van der Waals surface area contributed by atoms with Crippen molar-refractivity contribution in [3.63, 3.8) is 0 Å². The lowest BCUT2D eigenvalue weighted by atomic mass is 10.4. The molecule has 2 rings (SSSR count). The summed E-state index contributed by atoms with van der Waals surface area (Å²) in [5.74, 6) is 4.10. The molecule has 1 N–H and O–H groups in total. The van der Waals surface area contributed by atoms with Gasteiger partial charge in [-0.3, -0.25) is 0 Å². The van der Waals surface area contributed by atoms with E-state index in [0.29, 0.717) is 0 Å². The summed E-state index contributed by atoms with van der Waals surface area (Å²) in [7, 11) is 0. The summed E-state index contributed by atoms with van der Waals surface area (Å²) in [5.41, 5.74) is 2.07. The van der Waals surface area contributed by atoms with E-state index in [1.165, 1.54) is 17.9 Å². The molecule has 0 radical (unpaired) electrons. The fourth-order valence-electron chi connectivity index (χ4n) is 2.06. The van der Waals surface area contributed by atoms with Gasteiger partial charge >= 0.3 is 0 Å². The van der Waals surface area contributed by atoms with Crippen LogP contribution in [0.3, 0.4) is 0 Å². The number of nitrogens with one attached hydrogen (secondary N) is 1. The highest BCUT2D eigenvalue weighted by Gasteiger charge is 2.06. The van der Waals surface area contributed by atoms with Gasteiger partial charge in [0.1, 0.15) is 12.1 Å². The van der Waals surface area contributed by atoms with E-state index in [1.54, 1.807) is 6.33 Å². The van der Waals surface area contributed by atoms with E-state index < -0.39 is 0 Å². The van der Waals surface area contributed by atoms with Crippen molar-refractivity contribution in [3.8, 4) is 5.82 Å². The number of anilines is 1. The van der Waals surface area contributed by atoms with E-state index >= 15 is 0 Å². The van der Waals surface area contributed by atoms with Crippen molar-refractivity contribution in [3.05, 3.63) is 29.8 Å².